The zero-order valence-corrected chi connectivity index (χ0v) is 83.3. The lowest BCUT2D eigenvalue weighted by Crippen LogP contribution is -2.46. The molecule has 742 valence electrons. The van der Waals surface area contributed by atoms with Crippen molar-refractivity contribution in [2.75, 3.05) is 61.5 Å². The summed E-state index contributed by atoms with van der Waals surface area (Å²) >= 11 is 0. The first-order valence-electron chi connectivity index (χ1n) is 47.7. The topological polar surface area (TPSA) is 487 Å². The number of rotatable bonds is 50. The first kappa shape index (κ1) is 107. The number of carboxylic acids is 1. The van der Waals surface area contributed by atoms with Gasteiger partial charge in [0.05, 0.1) is 37.5 Å². The fourth-order valence-corrected chi connectivity index (χ4v) is 22.1. The van der Waals surface area contributed by atoms with Crippen LogP contribution in [0.15, 0.2) is 143 Å². The molecule has 0 saturated heterocycles. The van der Waals surface area contributed by atoms with Crippen LogP contribution in [-0.2, 0) is 130 Å². The molecule has 4 aromatic heterocycles. The third-order valence-corrected chi connectivity index (χ3v) is 30.8. The highest BCUT2D eigenvalue weighted by molar-refractivity contribution is 7.89. The zero-order valence-electron chi connectivity index (χ0n) is 80.1. The molecule has 0 bridgehead atoms. The number of anilines is 2. The fourth-order valence-electron chi connectivity index (χ4n) is 19.2. The minimum Gasteiger partial charge on any atom is -0.748 e. The number of nitrogens with zero attached hydrogens (tertiary/aromatic N) is 9. The number of carboxylic acid groups (broad SMARTS) is 1. The lowest BCUT2D eigenvalue weighted by molar-refractivity contribution is -0.437. The molecule has 1 aliphatic carbocycles. The van der Waals surface area contributed by atoms with Gasteiger partial charge < -0.3 is 41.1 Å². The SMILES string of the molecule is Cc1ncc([C@@H](CCCCCCc2nc3c(cc2CNC(=O)CCC(=O)NCCCC[C@H](NC(=O)CCCN(C)S(=O)(=O)c2cccc4c5c(ccc24)N(CCCS(=O)(=O)O)/C(=C/C=C/C=C/C2=[N+](CCCS(=O)(=O)[O-])c4ccc6ccc(S(=O)(=O)O)cc6c4C2(C)C)C5(C)C)C(=O)NCc2cc4c(nc2CCCCCC[C@@H](C)c2cnc(C)nc2)NCCC4)CCCC3)CC(=O)O)cn1.O=C=O. The van der Waals surface area contributed by atoms with E-state index in [0.717, 1.165) is 171 Å². The van der Waals surface area contributed by atoms with E-state index in [9.17, 15) is 68.0 Å². The van der Waals surface area contributed by atoms with Crippen LogP contribution < -0.4 is 31.5 Å². The molecule has 3 atom stereocenters. The van der Waals surface area contributed by atoms with Crippen LogP contribution in [-0.4, -0.2) is 190 Å². The van der Waals surface area contributed by atoms with Gasteiger partial charge in [-0.3, -0.25) is 38.1 Å². The van der Waals surface area contributed by atoms with Crippen molar-refractivity contribution in [2.24, 2.45) is 0 Å². The van der Waals surface area contributed by atoms with Crippen molar-refractivity contribution in [1.29, 1.82) is 0 Å². The third kappa shape index (κ3) is 29.4. The van der Waals surface area contributed by atoms with Crippen molar-refractivity contribution >= 4 is 121 Å². The second-order valence-electron chi connectivity index (χ2n) is 37.4. The molecular weight excluding hydrogens is 1840 g/mol. The van der Waals surface area contributed by atoms with Gasteiger partial charge >= 0.3 is 12.1 Å². The first-order valence-corrected chi connectivity index (χ1v) is 53.8. The van der Waals surface area contributed by atoms with Gasteiger partial charge in [-0.05, 0) is 246 Å². The maximum atomic E-state index is 15.0. The van der Waals surface area contributed by atoms with Crippen molar-refractivity contribution in [1.82, 2.24) is 55.5 Å². The van der Waals surface area contributed by atoms with Crippen LogP contribution in [0.3, 0.4) is 0 Å². The van der Waals surface area contributed by atoms with E-state index in [4.69, 9.17) is 19.6 Å². The summed E-state index contributed by atoms with van der Waals surface area (Å²) in [7, 11) is -16.4. The van der Waals surface area contributed by atoms with Crippen LogP contribution in [0, 0.1) is 13.8 Å². The Morgan fingerprint density at radius 1 is 0.630 bits per heavy atom. The van der Waals surface area contributed by atoms with E-state index in [2.05, 4.69) is 65.6 Å². The molecule has 8 aromatic rings. The summed E-state index contributed by atoms with van der Waals surface area (Å²) in [6.07, 6.45) is 33.8. The lowest BCUT2D eigenvalue weighted by atomic mass is 9.79. The number of aliphatic carboxylic acids is 1. The molecule has 4 aromatic carbocycles. The Morgan fingerprint density at radius 2 is 1.26 bits per heavy atom. The molecule has 4 aliphatic rings. The molecule has 12 rings (SSSR count). The summed E-state index contributed by atoms with van der Waals surface area (Å²) < 4.78 is 138. The molecule has 0 radical (unpaired) electrons. The van der Waals surface area contributed by atoms with Crippen molar-refractivity contribution < 1.29 is 90.6 Å². The molecule has 0 spiro atoms. The zero-order chi connectivity index (χ0) is 99.7. The largest absolute Gasteiger partial charge is 0.748 e. The molecule has 0 saturated carbocycles. The van der Waals surface area contributed by atoms with Crippen LogP contribution in [0.5, 0.6) is 0 Å². The number of nitrogens with one attached hydrogen (secondary N) is 5. The highest BCUT2D eigenvalue weighted by Crippen LogP contribution is 2.52. The number of unbranched alkanes of at least 4 members (excludes halogenated alkanes) is 7. The number of amides is 4. The molecule has 4 amide bonds. The summed E-state index contributed by atoms with van der Waals surface area (Å²) in [5, 5.41) is 27.4. The Morgan fingerprint density at radius 3 is 1.94 bits per heavy atom. The monoisotopic (exact) mass is 1970 g/mol. The molecule has 37 heteroatoms. The number of sulfonamides is 1. The van der Waals surface area contributed by atoms with Crippen LogP contribution in [0.25, 0.3) is 21.5 Å². The van der Waals surface area contributed by atoms with Crippen LogP contribution >= 0.6 is 0 Å². The number of allylic oxidation sites excluding steroid dienone is 6. The first-order chi connectivity index (χ1) is 65.6. The number of carbonyl (C=O) groups is 5. The molecule has 0 fully saturated rings. The second-order valence-corrected chi connectivity index (χ2v) is 43.9. The van der Waals surface area contributed by atoms with Crippen LogP contribution in [0.1, 0.15) is 267 Å². The van der Waals surface area contributed by atoms with Gasteiger partial charge in [0, 0.05) is 160 Å². The highest BCUT2D eigenvalue weighted by Gasteiger charge is 2.47. The van der Waals surface area contributed by atoms with Gasteiger partial charge in [0.1, 0.15) is 30.1 Å². The Bertz CT molecular complexity index is 6380. The van der Waals surface area contributed by atoms with Crippen molar-refractivity contribution in [3.05, 3.63) is 207 Å². The van der Waals surface area contributed by atoms with Gasteiger partial charge in [-0.25, -0.2) is 46.1 Å². The minimum atomic E-state index is -4.60. The number of carbonyl (C=O) groups excluding carboxylic acids is 6. The number of hydrogen-bond donors (Lipinski definition) is 8. The molecule has 8 N–H and O–H groups in total. The van der Waals surface area contributed by atoms with Crippen molar-refractivity contribution in [3.8, 4) is 0 Å². The fraction of sp³-hybridized carbons (Fsp3) is 0.495. The van der Waals surface area contributed by atoms with Crippen LogP contribution in [0.2, 0.25) is 0 Å². The van der Waals surface area contributed by atoms with Gasteiger partial charge in [-0.15, -0.1) is 0 Å². The van der Waals surface area contributed by atoms with E-state index in [1.54, 1.807) is 67.9 Å². The van der Waals surface area contributed by atoms with Gasteiger partial charge in [0.15, 0.2) is 5.71 Å². The summed E-state index contributed by atoms with van der Waals surface area (Å²) in [6.45, 7) is 15.3. The number of pyridine rings is 2. The van der Waals surface area contributed by atoms with E-state index in [0.29, 0.717) is 87.3 Å². The maximum Gasteiger partial charge on any atom is 0.373 e. The van der Waals surface area contributed by atoms with Gasteiger partial charge in [0.2, 0.25) is 39.3 Å². The predicted molar refractivity (Wildman–Crippen MR) is 526 cm³/mol. The van der Waals surface area contributed by atoms with Crippen molar-refractivity contribution in [3.63, 3.8) is 0 Å². The summed E-state index contributed by atoms with van der Waals surface area (Å²) in [6, 6.07) is 19.7. The Balaban J connectivity index is 0.00000600. The number of aromatic nitrogens is 6. The Hall–Kier alpha value is -11.3. The summed E-state index contributed by atoms with van der Waals surface area (Å²) in [5.41, 5.74) is 11.5. The summed E-state index contributed by atoms with van der Waals surface area (Å²) in [4.78, 5) is 113. The van der Waals surface area contributed by atoms with Gasteiger partial charge in [-0.1, -0.05) is 108 Å². The average Bonchev–Trinajstić information content (AvgIpc) is 1.56. The minimum absolute atomic E-state index is 0.00307. The van der Waals surface area contributed by atoms with Crippen molar-refractivity contribution in [2.45, 2.75) is 280 Å². The number of aryl methyl sites for hydroxylation is 7. The predicted octanol–water partition coefficient (Wildman–Crippen LogP) is 13.9. The van der Waals surface area contributed by atoms with E-state index in [-0.39, 0.29) is 124 Å². The molecule has 33 nitrogen and oxygen atoms in total. The molecular formula is C101H130N14O19S4. The summed E-state index contributed by atoms with van der Waals surface area (Å²) in [5.74, 6) is -1.14. The Kier molecular flexibility index (Phi) is 38.1. The van der Waals surface area contributed by atoms with E-state index >= 15 is 8.42 Å². The molecule has 138 heavy (non-hydrogen) atoms. The molecule has 0 unspecified atom stereocenters. The van der Waals surface area contributed by atoms with E-state index in [1.165, 1.54) is 35.1 Å². The smallest absolute Gasteiger partial charge is 0.373 e. The molecule has 7 heterocycles. The quantitative estimate of drug-likeness (QED) is 0.00759. The number of hydrogen-bond acceptors (Lipinski definition) is 24. The average molecular weight is 1970 g/mol. The van der Waals surface area contributed by atoms with Gasteiger partial charge in [-0.2, -0.15) is 31.0 Å². The van der Waals surface area contributed by atoms with E-state index < -0.39 is 86.5 Å². The molecule has 3 aliphatic heterocycles. The normalized spacial score (nSPS) is 15.5. The highest BCUT2D eigenvalue weighted by atomic mass is 32.2. The maximum absolute atomic E-state index is 15.0. The lowest BCUT2D eigenvalue weighted by Gasteiger charge is -2.27. The Labute approximate surface area is 809 Å². The number of fused-ring (bicyclic) bond motifs is 8. The van der Waals surface area contributed by atoms with E-state index in [1.807, 2.05) is 80.8 Å². The van der Waals surface area contributed by atoms with Crippen LogP contribution in [0.4, 0.5) is 17.2 Å². The number of benzene rings is 4. The second kappa shape index (κ2) is 49.0. The third-order valence-electron chi connectivity index (χ3n) is 26.5. The van der Waals surface area contributed by atoms with Gasteiger partial charge in [0.25, 0.3) is 20.2 Å². The standard InChI is InChI=1S/C100H130N14O17S4.CO2/c1-67(76-63-103-68(2)104-64-76)29-14-9-11-17-35-84-75(58-73-32-25-51-102-97(73)111-84)62-108-98(120)85(37-22-23-50-101-91(115)48-49-92(116)107-61-74-57-72-31-20-21-36-82(72)109-83(74)34-16-12-10-15-30-71(59-94(118)119)77-65-105-69(3)106-66-77)110-93(117)41-26-52-112(8)134(127,128)88-38-24-33-80-79(88)45-47-87-95(80)99(4,5)89(114(87)54-28-56-133(124,125)126)39-18-13-19-40-90-100(6,7)96-81-60-78(135(129,130)131)44-42-70(81)43-46-86(96)113(90)53-27-55-132(121,122)123;2-1-3/h13,18-19,24,33,38-40,42-47,57-58,60,63-67,71,85H,9-12,14-17,20-23,25-32,34-37,41,48-56,59,61-62H2,1-8H3,(H8-,101,102,107,108,110,111,115,116,117,118,119,120,121,122,123,124,125,126,129,130,131);/t67-,71+,85+;/m1./s1.